The zero-order chi connectivity index (χ0) is 16.1. The summed E-state index contributed by atoms with van der Waals surface area (Å²) in [6, 6.07) is 1.88. The molecule has 0 aliphatic heterocycles. The van der Waals surface area contributed by atoms with E-state index >= 15 is 0 Å². The van der Waals surface area contributed by atoms with E-state index in [2.05, 4.69) is 15.3 Å². The third kappa shape index (κ3) is 3.98. The molecule has 0 saturated heterocycles. The van der Waals surface area contributed by atoms with Crippen LogP contribution in [0.4, 0.5) is 5.00 Å². The Hall–Kier alpha value is -1.60. The molecule has 2 aromatic rings. The molecular weight excluding hydrogens is 318 g/mol. The SMILES string of the molecule is COc1cncc(-c2nc(C)c(NC(=O)C(C)CSC)s2)c1. The van der Waals surface area contributed by atoms with E-state index in [1.807, 2.05) is 26.2 Å². The molecule has 5 nitrogen and oxygen atoms in total. The predicted octanol–water partition coefficient (Wildman–Crippen LogP) is 3.46. The molecule has 2 rings (SSSR count). The Labute approximate surface area is 138 Å². The van der Waals surface area contributed by atoms with Crippen LogP contribution < -0.4 is 10.1 Å². The van der Waals surface area contributed by atoms with E-state index < -0.39 is 0 Å². The van der Waals surface area contributed by atoms with Crippen LogP contribution in [0.2, 0.25) is 0 Å². The van der Waals surface area contributed by atoms with Gasteiger partial charge in [-0.1, -0.05) is 18.3 Å². The lowest BCUT2D eigenvalue weighted by Gasteiger charge is -2.09. The number of carbonyl (C=O) groups excluding carboxylic acids is 1. The number of anilines is 1. The minimum Gasteiger partial charge on any atom is -0.495 e. The fourth-order valence-electron chi connectivity index (χ4n) is 1.84. The summed E-state index contributed by atoms with van der Waals surface area (Å²) >= 11 is 3.11. The average Bonchev–Trinajstić information content (AvgIpc) is 2.88. The number of aryl methyl sites for hydroxylation is 1. The third-order valence-corrected chi connectivity index (χ3v) is 5.05. The molecule has 7 heteroatoms. The first kappa shape index (κ1) is 16.8. The fraction of sp³-hybridized carbons (Fsp3) is 0.400. The summed E-state index contributed by atoms with van der Waals surface area (Å²) in [5.74, 6) is 1.48. The standard InChI is InChI=1S/C15H19N3O2S2/c1-9(8-21-4)13(19)18-14-10(2)17-15(22-14)11-5-12(20-3)7-16-6-11/h5-7,9H,8H2,1-4H3,(H,18,19). The molecule has 0 aliphatic carbocycles. The van der Waals surface area contributed by atoms with Crippen molar-refractivity contribution in [3.8, 4) is 16.3 Å². The number of hydrogen-bond donors (Lipinski definition) is 1. The van der Waals surface area contributed by atoms with Crippen molar-refractivity contribution in [3.05, 3.63) is 24.2 Å². The predicted molar refractivity (Wildman–Crippen MR) is 92.8 cm³/mol. The first-order valence-corrected chi connectivity index (χ1v) is 9.02. The van der Waals surface area contributed by atoms with Crippen molar-refractivity contribution in [2.45, 2.75) is 13.8 Å². The van der Waals surface area contributed by atoms with Gasteiger partial charge >= 0.3 is 0 Å². The van der Waals surface area contributed by atoms with Crippen molar-refractivity contribution in [1.29, 1.82) is 0 Å². The van der Waals surface area contributed by atoms with Crippen LogP contribution in [0.3, 0.4) is 0 Å². The minimum atomic E-state index is -0.0292. The normalized spacial score (nSPS) is 12.0. The number of methoxy groups -OCH3 is 1. The number of aromatic nitrogens is 2. The largest absolute Gasteiger partial charge is 0.495 e. The highest BCUT2D eigenvalue weighted by atomic mass is 32.2. The van der Waals surface area contributed by atoms with Crippen LogP contribution in [-0.4, -0.2) is 35.0 Å². The molecule has 0 aromatic carbocycles. The number of rotatable bonds is 6. The zero-order valence-corrected chi connectivity index (χ0v) is 14.7. The summed E-state index contributed by atoms with van der Waals surface area (Å²) in [4.78, 5) is 20.8. The molecule has 1 atom stereocenters. The van der Waals surface area contributed by atoms with Gasteiger partial charge in [-0.2, -0.15) is 11.8 Å². The maximum absolute atomic E-state index is 12.1. The molecule has 0 saturated carbocycles. The van der Waals surface area contributed by atoms with E-state index in [1.165, 1.54) is 11.3 Å². The number of thioether (sulfide) groups is 1. The van der Waals surface area contributed by atoms with Gasteiger partial charge in [0.1, 0.15) is 15.8 Å². The number of nitrogens with one attached hydrogen (secondary N) is 1. The molecule has 0 bridgehead atoms. The van der Waals surface area contributed by atoms with Crippen molar-refractivity contribution in [2.75, 3.05) is 24.4 Å². The Morgan fingerprint density at radius 3 is 2.95 bits per heavy atom. The highest BCUT2D eigenvalue weighted by Crippen LogP contribution is 2.33. The molecule has 2 heterocycles. The van der Waals surface area contributed by atoms with Gasteiger partial charge in [0.05, 0.1) is 19.0 Å². The van der Waals surface area contributed by atoms with Crippen molar-refractivity contribution in [2.24, 2.45) is 5.92 Å². The van der Waals surface area contributed by atoms with Crippen LogP contribution in [0, 0.1) is 12.8 Å². The lowest BCUT2D eigenvalue weighted by Crippen LogP contribution is -2.21. The fourth-order valence-corrected chi connectivity index (χ4v) is 3.45. The Morgan fingerprint density at radius 1 is 1.50 bits per heavy atom. The second-order valence-electron chi connectivity index (χ2n) is 4.89. The lowest BCUT2D eigenvalue weighted by molar-refractivity contribution is -0.118. The van der Waals surface area contributed by atoms with Gasteiger partial charge in [-0.05, 0) is 19.2 Å². The van der Waals surface area contributed by atoms with E-state index in [0.29, 0.717) is 5.75 Å². The summed E-state index contributed by atoms with van der Waals surface area (Å²) in [5, 5.41) is 4.57. The maximum Gasteiger partial charge on any atom is 0.228 e. The summed E-state index contributed by atoms with van der Waals surface area (Å²) in [6.07, 6.45) is 5.38. The molecule has 118 valence electrons. The highest BCUT2D eigenvalue weighted by molar-refractivity contribution is 7.98. The van der Waals surface area contributed by atoms with Crippen LogP contribution in [0.15, 0.2) is 18.5 Å². The van der Waals surface area contributed by atoms with Gasteiger partial charge in [0.15, 0.2) is 0 Å². The number of pyridine rings is 1. The molecule has 22 heavy (non-hydrogen) atoms. The van der Waals surface area contributed by atoms with Crippen molar-refractivity contribution < 1.29 is 9.53 Å². The van der Waals surface area contributed by atoms with Crippen molar-refractivity contribution >= 4 is 34.0 Å². The van der Waals surface area contributed by atoms with E-state index in [4.69, 9.17) is 4.74 Å². The van der Waals surface area contributed by atoms with Crippen LogP contribution in [-0.2, 0) is 4.79 Å². The van der Waals surface area contributed by atoms with E-state index in [-0.39, 0.29) is 11.8 Å². The molecule has 2 aromatic heterocycles. The summed E-state index contributed by atoms with van der Waals surface area (Å²) < 4.78 is 5.18. The number of carbonyl (C=O) groups is 1. The Kier molecular flexibility index (Phi) is 5.79. The van der Waals surface area contributed by atoms with Crippen LogP contribution in [0.5, 0.6) is 5.75 Å². The third-order valence-electron chi connectivity index (χ3n) is 3.09. The van der Waals surface area contributed by atoms with Gasteiger partial charge in [0, 0.05) is 23.4 Å². The summed E-state index contributed by atoms with van der Waals surface area (Å²) in [6.45, 7) is 3.82. The van der Waals surface area contributed by atoms with Gasteiger partial charge in [-0.15, -0.1) is 0 Å². The second-order valence-corrected chi connectivity index (χ2v) is 6.80. The first-order valence-electron chi connectivity index (χ1n) is 6.81. The quantitative estimate of drug-likeness (QED) is 0.874. The highest BCUT2D eigenvalue weighted by Gasteiger charge is 2.16. The molecule has 1 amide bonds. The Balaban J connectivity index is 2.19. The maximum atomic E-state index is 12.1. The van der Waals surface area contributed by atoms with E-state index in [1.54, 1.807) is 31.3 Å². The van der Waals surface area contributed by atoms with Gasteiger partial charge < -0.3 is 10.1 Å². The Morgan fingerprint density at radius 2 is 2.27 bits per heavy atom. The van der Waals surface area contributed by atoms with E-state index in [0.717, 1.165) is 27.0 Å². The monoisotopic (exact) mass is 337 g/mol. The number of hydrogen-bond acceptors (Lipinski definition) is 6. The zero-order valence-electron chi connectivity index (χ0n) is 13.0. The van der Waals surface area contributed by atoms with E-state index in [9.17, 15) is 4.79 Å². The molecular formula is C15H19N3O2S2. The molecule has 0 fully saturated rings. The van der Waals surface area contributed by atoms with Crippen LogP contribution in [0.1, 0.15) is 12.6 Å². The average molecular weight is 337 g/mol. The van der Waals surface area contributed by atoms with Gasteiger partial charge in [-0.3, -0.25) is 9.78 Å². The minimum absolute atomic E-state index is 0.0245. The molecule has 0 radical (unpaired) electrons. The number of amides is 1. The molecule has 1 unspecified atom stereocenters. The topological polar surface area (TPSA) is 64.1 Å². The van der Waals surface area contributed by atoms with Crippen LogP contribution in [0.25, 0.3) is 10.6 Å². The van der Waals surface area contributed by atoms with Crippen LogP contribution >= 0.6 is 23.1 Å². The number of ether oxygens (including phenoxy) is 1. The molecule has 0 spiro atoms. The van der Waals surface area contributed by atoms with Crippen molar-refractivity contribution in [1.82, 2.24) is 9.97 Å². The number of thiazole rings is 1. The van der Waals surface area contributed by atoms with Gasteiger partial charge in [0.2, 0.25) is 5.91 Å². The smallest absolute Gasteiger partial charge is 0.228 e. The van der Waals surface area contributed by atoms with Gasteiger partial charge in [-0.25, -0.2) is 4.98 Å². The first-order chi connectivity index (χ1) is 10.5. The Bertz CT molecular complexity index is 658. The number of nitrogens with zero attached hydrogens (tertiary/aromatic N) is 2. The molecule has 1 N–H and O–H groups in total. The second kappa shape index (κ2) is 7.60. The lowest BCUT2D eigenvalue weighted by atomic mass is 10.2. The van der Waals surface area contributed by atoms with Crippen molar-refractivity contribution in [3.63, 3.8) is 0 Å². The molecule has 0 aliphatic rings. The summed E-state index contributed by atoms with van der Waals surface area (Å²) in [7, 11) is 1.60. The van der Waals surface area contributed by atoms with Gasteiger partial charge in [0.25, 0.3) is 0 Å². The summed E-state index contributed by atoms with van der Waals surface area (Å²) in [5.41, 5.74) is 1.69.